The van der Waals surface area contributed by atoms with Crippen molar-refractivity contribution in [1.29, 1.82) is 0 Å². The van der Waals surface area contributed by atoms with E-state index < -0.39 is 0 Å². The highest BCUT2D eigenvalue weighted by Crippen LogP contribution is 2.15. The van der Waals surface area contributed by atoms with Gasteiger partial charge in [0, 0.05) is 0 Å². The monoisotopic (exact) mass is 188 g/mol. The van der Waals surface area contributed by atoms with Gasteiger partial charge in [0.25, 0.3) is 0 Å². The molecule has 66 valence electrons. The van der Waals surface area contributed by atoms with Crippen molar-refractivity contribution in [1.82, 2.24) is 0 Å². The summed E-state index contributed by atoms with van der Waals surface area (Å²) < 4.78 is 0. The Morgan fingerprint density at radius 3 is 2.46 bits per heavy atom. The second-order valence-corrected chi connectivity index (χ2v) is 3.96. The van der Waals surface area contributed by atoms with E-state index >= 15 is 0 Å². The molecule has 0 aliphatic carbocycles. The molecular weight excluding hydrogens is 175 g/mol. The van der Waals surface area contributed by atoms with Crippen LogP contribution >= 0.6 is 9.24 Å². The normalized spacial score (nSPS) is 10.6. The van der Waals surface area contributed by atoms with Crippen LogP contribution in [0.15, 0.2) is 36.4 Å². The van der Waals surface area contributed by atoms with Gasteiger partial charge in [-0.05, 0) is 34.1 Å². The summed E-state index contributed by atoms with van der Waals surface area (Å²) in [6.45, 7) is 2.19. The van der Waals surface area contributed by atoms with Gasteiger partial charge in [-0.25, -0.2) is 0 Å². The van der Waals surface area contributed by atoms with Gasteiger partial charge >= 0.3 is 0 Å². The summed E-state index contributed by atoms with van der Waals surface area (Å²) in [6.07, 6.45) is 1.11. The van der Waals surface area contributed by atoms with Gasteiger partial charge in [0.2, 0.25) is 0 Å². The molecule has 0 nitrogen and oxygen atoms in total. The smallest absolute Gasteiger partial charge is 0.0178 e. The van der Waals surface area contributed by atoms with Gasteiger partial charge in [-0.1, -0.05) is 37.3 Å². The van der Waals surface area contributed by atoms with Crippen LogP contribution in [0.2, 0.25) is 0 Å². The van der Waals surface area contributed by atoms with Gasteiger partial charge in [-0.15, -0.1) is 9.24 Å². The van der Waals surface area contributed by atoms with E-state index in [0.29, 0.717) is 0 Å². The SMILES string of the molecule is CCc1ccc2cc(P)ccc2c1. The highest BCUT2D eigenvalue weighted by Gasteiger charge is 1.94. The zero-order chi connectivity index (χ0) is 9.26. The Labute approximate surface area is 81.2 Å². The molecule has 0 saturated carbocycles. The lowest BCUT2D eigenvalue weighted by Crippen LogP contribution is -1.88. The van der Waals surface area contributed by atoms with Crippen molar-refractivity contribution >= 4 is 25.3 Å². The third-order valence-corrected chi connectivity index (χ3v) is 2.70. The largest absolute Gasteiger partial charge is 0.106 e. The van der Waals surface area contributed by atoms with E-state index in [1.54, 1.807) is 0 Å². The van der Waals surface area contributed by atoms with E-state index in [-0.39, 0.29) is 0 Å². The van der Waals surface area contributed by atoms with Crippen molar-refractivity contribution in [3.8, 4) is 0 Å². The minimum atomic E-state index is 1.11. The Kier molecular flexibility index (Phi) is 2.33. The Morgan fingerprint density at radius 1 is 1.00 bits per heavy atom. The molecule has 0 spiro atoms. The summed E-state index contributed by atoms with van der Waals surface area (Å²) >= 11 is 0. The van der Waals surface area contributed by atoms with Crippen LogP contribution in [0.4, 0.5) is 0 Å². The molecule has 0 aliphatic heterocycles. The second kappa shape index (κ2) is 3.47. The van der Waals surface area contributed by atoms with Crippen molar-refractivity contribution in [2.24, 2.45) is 0 Å². The molecule has 0 aliphatic rings. The van der Waals surface area contributed by atoms with E-state index in [2.05, 4.69) is 52.6 Å². The summed E-state index contributed by atoms with van der Waals surface area (Å²) in [5, 5.41) is 3.91. The third-order valence-electron chi connectivity index (χ3n) is 2.34. The second-order valence-electron chi connectivity index (χ2n) is 3.29. The summed E-state index contributed by atoms with van der Waals surface area (Å²) in [6, 6.07) is 13.2. The fourth-order valence-corrected chi connectivity index (χ4v) is 1.81. The van der Waals surface area contributed by atoms with E-state index in [1.807, 2.05) is 0 Å². The molecule has 2 rings (SSSR count). The highest BCUT2D eigenvalue weighted by molar-refractivity contribution is 7.27. The summed E-state index contributed by atoms with van der Waals surface area (Å²) in [4.78, 5) is 0. The van der Waals surface area contributed by atoms with Crippen LogP contribution in [0, 0.1) is 0 Å². The molecule has 0 saturated heterocycles. The van der Waals surface area contributed by atoms with Crippen LogP contribution in [0.5, 0.6) is 0 Å². The number of benzene rings is 2. The first-order valence-electron chi connectivity index (χ1n) is 4.58. The lowest BCUT2D eigenvalue weighted by atomic mass is 10.1. The molecule has 0 heterocycles. The average molecular weight is 188 g/mol. The Bertz CT molecular complexity index is 432. The molecule has 13 heavy (non-hydrogen) atoms. The van der Waals surface area contributed by atoms with Crippen LogP contribution in [-0.4, -0.2) is 0 Å². The topological polar surface area (TPSA) is 0 Å². The fourth-order valence-electron chi connectivity index (χ4n) is 1.53. The summed E-state index contributed by atoms with van der Waals surface area (Å²) in [5.74, 6) is 0. The maximum absolute atomic E-state index is 2.73. The van der Waals surface area contributed by atoms with Gasteiger partial charge in [0.15, 0.2) is 0 Å². The number of hydrogen-bond acceptors (Lipinski definition) is 0. The predicted octanol–water partition coefficient (Wildman–Crippen LogP) is 2.90. The Balaban J connectivity index is 2.66. The lowest BCUT2D eigenvalue weighted by Gasteiger charge is -2.01. The van der Waals surface area contributed by atoms with E-state index in [0.717, 1.165) is 6.42 Å². The molecule has 0 radical (unpaired) electrons. The van der Waals surface area contributed by atoms with E-state index in [9.17, 15) is 0 Å². The quantitative estimate of drug-likeness (QED) is 0.603. The van der Waals surface area contributed by atoms with Gasteiger partial charge in [-0.2, -0.15) is 0 Å². The van der Waals surface area contributed by atoms with Crippen molar-refractivity contribution in [3.63, 3.8) is 0 Å². The molecule has 1 unspecified atom stereocenters. The summed E-state index contributed by atoms with van der Waals surface area (Å²) in [5.41, 5.74) is 1.41. The number of rotatable bonds is 1. The van der Waals surface area contributed by atoms with Crippen molar-refractivity contribution in [2.45, 2.75) is 13.3 Å². The van der Waals surface area contributed by atoms with E-state index in [4.69, 9.17) is 0 Å². The van der Waals surface area contributed by atoms with Gasteiger partial charge in [0.1, 0.15) is 0 Å². The molecule has 0 fully saturated rings. The number of fused-ring (bicyclic) bond motifs is 1. The molecule has 0 aromatic heterocycles. The maximum Gasteiger partial charge on any atom is -0.0178 e. The molecule has 2 aromatic carbocycles. The maximum atomic E-state index is 2.73. The molecule has 2 aromatic rings. The van der Waals surface area contributed by atoms with Crippen molar-refractivity contribution in [2.75, 3.05) is 0 Å². The first-order chi connectivity index (χ1) is 6.29. The first kappa shape index (κ1) is 8.72. The van der Waals surface area contributed by atoms with Crippen molar-refractivity contribution in [3.05, 3.63) is 42.0 Å². The highest BCUT2D eigenvalue weighted by atomic mass is 31.0. The van der Waals surface area contributed by atoms with Crippen LogP contribution < -0.4 is 5.30 Å². The zero-order valence-electron chi connectivity index (χ0n) is 7.75. The summed E-state index contributed by atoms with van der Waals surface area (Å²) in [7, 11) is 2.73. The molecule has 1 atom stereocenters. The van der Waals surface area contributed by atoms with Crippen LogP contribution in [0.1, 0.15) is 12.5 Å². The van der Waals surface area contributed by atoms with Gasteiger partial charge < -0.3 is 0 Å². The zero-order valence-corrected chi connectivity index (χ0v) is 8.90. The molecule has 0 amide bonds. The first-order valence-corrected chi connectivity index (χ1v) is 5.15. The van der Waals surface area contributed by atoms with Crippen molar-refractivity contribution < 1.29 is 0 Å². The standard InChI is InChI=1S/C12H13P/c1-2-9-3-4-11-8-12(13)6-5-10(11)7-9/h3-8H,2,13H2,1H3. The van der Waals surface area contributed by atoms with Gasteiger partial charge in [-0.3, -0.25) is 0 Å². The van der Waals surface area contributed by atoms with Crippen LogP contribution in [0.25, 0.3) is 10.8 Å². The molecule has 0 N–H and O–H groups in total. The minimum absolute atomic E-state index is 1.11. The number of aryl methyl sites for hydroxylation is 1. The molecule has 0 bridgehead atoms. The number of hydrogen-bond donors (Lipinski definition) is 0. The Hall–Kier alpha value is -0.870. The fraction of sp³-hybridized carbons (Fsp3) is 0.167. The minimum Gasteiger partial charge on any atom is -0.106 e. The lowest BCUT2D eigenvalue weighted by molar-refractivity contribution is 1.15. The predicted molar refractivity (Wildman–Crippen MR) is 62.7 cm³/mol. The van der Waals surface area contributed by atoms with E-state index in [1.165, 1.54) is 21.6 Å². The third kappa shape index (κ3) is 1.73. The average Bonchev–Trinajstić information content (AvgIpc) is 2.17. The molecular formula is C12H13P. The van der Waals surface area contributed by atoms with Gasteiger partial charge in [0.05, 0.1) is 0 Å². The molecule has 1 heteroatoms. The van der Waals surface area contributed by atoms with Crippen LogP contribution in [-0.2, 0) is 6.42 Å². The Morgan fingerprint density at radius 2 is 1.69 bits per heavy atom. The van der Waals surface area contributed by atoms with Crippen LogP contribution in [0.3, 0.4) is 0 Å².